The van der Waals surface area contributed by atoms with E-state index in [2.05, 4.69) is 180 Å². The zero-order valence-corrected chi connectivity index (χ0v) is 26.2. The lowest BCUT2D eigenvalue weighted by molar-refractivity contribution is 1.12. The molecule has 1 aromatic heterocycles. The molecule has 10 rings (SSSR count). The molecule has 0 aliphatic carbocycles. The fraction of sp³-hybridized carbons (Fsp3) is 0.0217. The van der Waals surface area contributed by atoms with E-state index in [1.54, 1.807) is 0 Å². The highest BCUT2D eigenvalue weighted by molar-refractivity contribution is 6.29. The molecule has 224 valence electrons. The standard InChI is InChI=1S/C46H30N2/c1-2-14-30(15-3-1)44-39-22-8-11-23-40(39)47-46(44)45-37-20-6-4-18-35(37)43(36-19-5-7-21-38(36)45)31-26-28-32(29-27-31)48-41-24-12-9-16-33(41)34-17-10-13-25-42(34)48/h1-29,44H. The highest BCUT2D eigenvalue weighted by atomic mass is 15.0. The fourth-order valence-electron chi connectivity index (χ4n) is 8.05. The predicted molar refractivity (Wildman–Crippen MR) is 202 cm³/mol. The Kier molecular flexibility index (Phi) is 5.97. The Morgan fingerprint density at radius 2 is 0.875 bits per heavy atom. The first-order valence-electron chi connectivity index (χ1n) is 16.6. The van der Waals surface area contributed by atoms with Crippen LogP contribution in [0.25, 0.3) is 60.2 Å². The van der Waals surface area contributed by atoms with Gasteiger partial charge in [-0.1, -0.05) is 146 Å². The summed E-state index contributed by atoms with van der Waals surface area (Å²) in [5.74, 6) is 0.0607. The van der Waals surface area contributed by atoms with E-state index >= 15 is 0 Å². The van der Waals surface area contributed by atoms with E-state index in [0.29, 0.717) is 0 Å². The number of aliphatic imine (C=N–C) groups is 1. The van der Waals surface area contributed by atoms with Crippen molar-refractivity contribution in [3.8, 4) is 16.8 Å². The van der Waals surface area contributed by atoms with E-state index in [9.17, 15) is 0 Å². The molecule has 2 heteroatoms. The lowest BCUT2D eigenvalue weighted by atomic mass is 9.80. The van der Waals surface area contributed by atoms with Gasteiger partial charge < -0.3 is 4.57 Å². The van der Waals surface area contributed by atoms with Crippen LogP contribution in [0.5, 0.6) is 0 Å². The summed E-state index contributed by atoms with van der Waals surface area (Å²) in [5, 5.41) is 7.48. The Balaban J connectivity index is 1.20. The molecule has 0 N–H and O–H groups in total. The van der Waals surface area contributed by atoms with Crippen molar-refractivity contribution in [3.05, 3.63) is 193 Å². The van der Waals surface area contributed by atoms with Crippen LogP contribution in [0.3, 0.4) is 0 Å². The van der Waals surface area contributed by atoms with Crippen LogP contribution in [0, 0.1) is 0 Å². The van der Waals surface area contributed by atoms with Crippen LogP contribution in [-0.4, -0.2) is 10.3 Å². The van der Waals surface area contributed by atoms with Crippen molar-refractivity contribution in [3.63, 3.8) is 0 Å². The first-order chi connectivity index (χ1) is 23.8. The highest BCUT2D eigenvalue weighted by Crippen LogP contribution is 2.47. The molecule has 48 heavy (non-hydrogen) atoms. The van der Waals surface area contributed by atoms with Crippen molar-refractivity contribution >= 4 is 54.7 Å². The summed E-state index contributed by atoms with van der Waals surface area (Å²) in [6, 6.07) is 63.7. The zero-order valence-electron chi connectivity index (χ0n) is 26.2. The number of nitrogens with zero attached hydrogens (tertiary/aromatic N) is 2. The Labute approximate surface area is 278 Å². The van der Waals surface area contributed by atoms with Gasteiger partial charge in [0.2, 0.25) is 0 Å². The number of hydrogen-bond acceptors (Lipinski definition) is 1. The molecule has 1 aliphatic rings. The van der Waals surface area contributed by atoms with Crippen LogP contribution < -0.4 is 0 Å². The highest BCUT2D eigenvalue weighted by Gasteiger charge is 2.32. The molecule has 0 bridgehead atoms. The molecule has 9 aromatic rings. The van der Waals surface area contributed by atoms with Crippen molar-refractivity contribution in [2.24, 2.45) is 4.99 Å². The van der Waals surface area contributed by atoms with Crippen molar-refractivity contribution < 1.29 is 0 Å². The maximum absolute atomic E-state index is 5.39. The summed E-state index contributed by atoms with van der Waals surface area (Å²) in [4.78, 5) is 5.39. The molecule has 0 spiro atoms. The molecule has 0 radical (unpaired) electrons. The lowest BCUT2D eigenvalue weighted by Crippen LogP contribution is -2.13. The van der Waals surface area contributed by atoms with Crippen molar-refractivity contribution in [2.45, 2.75) is 5.92 Å². The summed E-state index contributed by atoms with van der Waals surface area (Å²) in [5.41, 5.74) is 12.0. The average molecular weight is 611 g/mol. The van der Waals surface area contributed by atoms with Crippen molar-refractivity contribution in [1.82, 2.24) is 4.57 Å². The molecule has 0 saturated carbocycles. The van der Waals surface area contributed by atoms with Crippen LogP contribution in [0.1, 0.15) is 22.6 Å². The van der Waals surface area contributed by atoms with E-state index in [1.807, 2.05) is 0 Å². The van der Waals surface area contributed by atoms with Gasteiger partial charge in [-0.15, -0.1) is 0 Å². The quantitative estimate of drug-likeness (QED) is 0.176. The average Bonchev–Trinajstić information content (AvgIpc) is 3.70. The minimum Gasteiger partial charge on any atom is -0.309 e. The van der Waals surface area contributed by atoms with Crippen molar-refractivity contribution in [2.75, 3.05) is 0 Å². The van der Waals surface area contributed by atoms with Gasteiger partial charge in [0.05, 0.1) is 28.4 Å². The number of para-hydroxylation sites is 3. The maximum atomic E-state index is 5.39. The summed E-state index contributed by atoms with van der Waals surface area (Å²) in [7, 11) is 0. The first kappa shape index (κ1) is 26.9. The smallest absolute Gasteiger partial charge is 0.0675 e. The second-order valence-corrected chi connectivity index (χ2v) is 12.7. The van der Waals surface area contributed by atoms with Crippen LogP contribution >= 0.6 is 0 Å². The molecule has 0 saturated heterocycles. The molecule has 2 nitrogen and oxygen atoms in total. The summed E-state index contributed by atoms with van der Waals surface area (Å²) in [6.45, 7) is 0. The van der Waals surface area contributed by atoms with E-state index in [4.69, 9.17) is 4.99 Å². The van der Waals surface area contributed by atoms with Gasteiger partial charge in [-0.25, -0.2) is 0 Å². The number of hydrogen-bond donors (Lipinski definition) is 0. The zero-order chi connectivity index (χ0) is 31.6. The Morgan fingerprint density at radius 3 is 1.48 bits per heavy atom. The number of fused-ring (bicyclic) bond motifs is 6. The number of benzene rings is 8. The van der Waals surface area contributed by atoms with E-state index in [0.717, 1.165) is 17.1 Å². The number of rotatable bonds is 4. The third-order valence-corrected chi connectivity index (χ3v) is 10.1. The van der Waals surface area contributed by atoms with Crippen LogP contribution in [0.2, 0.25) is 0 Å². The second kappa shape index (κ2) is 10.7. The summed E-state index contributed by atoms with van der Waals surface area (Å²) < 4.78 is 2.38. The van der Waals surface area contributed by atoms with Crippen LogP contribution in [0.15, 0.2) is 181 Å². The van der Waals surface area contributed by atoms with E-state index < -0.39 is 0 Å². The van der Waals surface area contributed by atoms with Crippen molar-refractivity contribution in [1.29, 1.82) is 0 Å². The molecule has 0 amide bonds. The lowest BCUT2D eigenvalue weighted by Gasteiger charge is -2.21. The summed E-state index contributed by atoms with van der Waals surface area (Å²) in [6.07, 6.45) is 0. The van der Waals surface area contributed by atoms with Gasteiger partial charge in [-0.3, -0.25) is 4.99 Å². The van der Waals surface area contributed by atoms with Crippen LogP contribution in [0.4, 0.5) is 5.69 Å². The number of aromatic nitrogens is 1. The SMILES string of the molecule is c1ccc(C2C(c3c4ccccc4c(-c4ccc(-n5c6ccccc6c6ccccc65)cc4)c4ccccc34)=Nc3ccccc32)cc1. The normalized spacial score (nSPS) is 14.2. The summed E-state index contributed by atoms with van der Waals surface area (Å²) >= 11 is 0. The first-order valence-corrected chi connectivity index (χ1v) is 16.6. The van der Waals surface area contributed by atoms with E-state index in [1.165, 1.54) is 71.2 Å². The maximum Gasteiger partial charge on any atom is 0.0675 e. The molecule has 0 fully saturated rings. The minimum absolute atomic E-state index is 0.0607. The third kappa shape index (κ3) is 3.96. The van der Waals surface area contributed by atoms with Gasteiger partial charge in [-0.2, -0.15) is 0 Å². The van der Waals surface area contributed by atoms with Gasteiger partial charge in [0, 0.05) is 22.0 Å². The molecular weight excluding hydrogens is 581 g/mol. The molecule has 8 aromatic carbocycles. The Bertz CT molecular complexity index is 2600. The van der Waals surface area contributed by atoms with Gasteiger partial charge >= 0.3 is 0 Å². The molecule has 2 heterocycles. The van der Waals surface area contributed by atoms with Gasteiger partial charge in [0.15, 0.2) is 0 Å². The molecular formula is C46H30N2. The Hall–Kier alpha value is -6.25. The van der Waals surface area contributed by atoms with Gasteiger partial charge in [0.25, 0.3) is 0 Å². The van der Waals surface area contributed by atoms with Crippen LogP contribution in [-0.2, 0) is 0 Å². The Morgan fingerprint density at radius 1 is 0.396 bits per heavy atom. The van der Waals surface area contributed by atoms with E-state index in [-0.39, 0.29) is 5.92 Å². The van der Waals surface area contributed by atoms with Gasteiger partial charge in [-0.05, 0) is 74.1 Å². The largest absolute Gasteiger partial charge is 0.309 e. The molecule has 1 unspecified atom stereocenters. The minimum atomic E-state index is 0.0607. The van der Waals surface area contributed by atoms with Gasteiger partial charge in [0.1, 0.15) is 0 Å². The molecule has 1 atom stereocenters. The predicted octanol–water partition coefficient (Wildman–Crippen LogP) is 12.0. The fourth-order valence-corrected chi connectivity index (χ4v) is 8.05. The third-order valence-electron chi connectivity index (χ3n) is 10.1. The topological polar surface area (TPSA) is 17.3 Å². The monoisotopic (exact) mass is 610 g/mol. The second-order valence-electron chi connectivity index (χ2n) is 12.7. The molecule has 1 aliphatic heterocycles.